The van der Waals surface area contributed by atoms with E-state index in [4.69, 9.17) is 4.74 Å². The Kier molecular flexibility index (Phi) is 11.4. The van der Waals surface area contributed by atoms with Gasteiger partial charge in [0.05, 0.1) is 16.9 Å². The van der Waals surface area contributed by atoms with Crippen LogP contribution in [0.25, 0.3) is 33.4 Å². The average Bonchev–Trinajstić information content (AvgIpc) is 3.90. The zero-order valence-corrected chi connectivity index (χ0v) is 41.8. The molecule has 0 saturated carbocycles. The molecule has 2 atom stereocenters. The Labute approximate surface area is 425 Å². The molecular formula is C70H59NO. The third-order valence-corrected chi connectivity index (χ3v) is 15.8. The van der Waals surface area contributed by atoms with Crippen LogP contribution in [0.2, 0.25) is 0 Å². The molecule has 0 N–H and O–H groups in total. The highest BCUT2D eigenvalue weighted by Crippen LogP contribution is 2.60. The molecule has 350 valence electrons. The van der Waals surface area contributed by atoms with Gasteiger partial charge >= 0.3 is 0 Å². The summed E-state index contributed by atoms with van der Waals surface area (Å²) in [6, 6.07) is 92.9. The number of hydrogen-bond donors (Lipinski definition) is 0. The van der Waals surface area contributed by atoms with E-state index in [1.54, 1.807) is 0 Å². The summed E-state index contributed by atoms with van der Waals surface area (Å²) in [6.07, 6.45) is 0.0931. The second kappa shape index (κ2) is 18.2. The van der Waals surface area contributed by atoms with E-state index in [-0.39, 0.29) is 6.10 Å². The second-order valence-corrected chi connectivity index (χ2v) is 20.4. The van der Waals surface area contributed by atoms with Gasteiger partial charge in [-0.2, -0.15) is 0 Å². The standard InChI is InChI=1S/C70H59NO/c1-47(2)49(5)72-60-41-35-56(36-42-60)70(55-33-29-50(30-34-55)48(3)4)66-28-18-16-26-62(66)64-44-40-59(46-68(64)70)71(57-37-31-52(32-38-57)51-19-9-6-10-20-51)58-39-43-63-61-25-15-17-27-65(61)69(67(63)45-58,53-21-11-7-12-22-53)54-23-13-8-14-24-54/h6-49H,1-5H3. The maximum absolute atomic E-state index is 6.51. The van der Waals surface area contributed by atoms with Crippen LogP contribution in [0.1, 0.15) is 90.6 Å². The summed E-state index contributed by atoms with van der Waals surface area (Å²) in [6.45, 7) is 11.1. The molecule has 72 heavy (non-hydrogen) atoms. The molecule has 2 nitrogen and oxygen atoms in total. The van der Waals surface area contributed by atoms with Gasteiger partial charge in [-0.05, 0) is 151 Å². The van der Waals surface area contributed by atoms with E-state index in [9.17, 15) is 0 Å². The van der Waals surface area contributed by atoms with Crippen LogP contribution in [0.4, 0.5) is 17.1 Å². The van der Waals surface area contributed by atoms with Gasteiger partial charge in [0.2, 0.25) is 0 Å². The van der Waals surface area contributed by atoms with Gasteiger partial charge in [0.1, 0.15) is 5.75 Å². The number of benzene rings is 10. The van der Waals surface area contributed by atoms with E-state index < -0.39 is 10.8 Å². The van der Waals surface area contributed by atoms with Gasteiger partial charge in [0, 0.05) is 17.1 Å². The number of nitrogens with zero attached hydrogens (tertiary/aromatic N) is 1. The van der Waals surface area contributed by atoms with Gasteiger partial charge in [-0.25, -0.2) is 0 Å². The molecule has 2 heteroatoms. The molecule has 0 heterocycles. The molecule has 0 aliphatic heterocycles. The maximum Gasteiger partial charge on any atom is 0.119 e. The van der Waals surface area contributed by atoms with Crippen LogP contribution >= 0.6 is 0 Å². The number of hydrogen-bond acceptors (Lipinski definition) is 2. The highest BCUT2D eigenvalue weighted by Gasteiger charge is 2.48. The molecule has 0 fully saturated rings. The first-order valence-corrected chi connectivity index (χ1v) is 25.7. The highest BCUT2D eigenvalue weighted by molar-refractivity contribution is 5.92. The molecule has 0 radical (unpaired) electrons. The first-order chi connectivity index (χ1) is 35.3. The van der Waals surface area contributed by atoms with Crippen molar-refractivity contribution in [2.75, 3.05) is 4.90 Å². The monoisotopic (exact) mass is 929 g/mol. The van der Waals surface area contributed by atoms with Crippen LogP contribution in [0.5, 0.6) is 5.75 Å². The third kappa shape index (κ3) is 7.23. The van der Waals surface area contributed by atoms with Gasteiger partial charge in [0.25, 0.3) is 0 Å². The van der Waals surface area contributed by atoms with E-state index in [0.717, 1.165) is 22.8 Å². The first kappa shape index (κ1) is 45.0. The van der Waals surface area contributed by atoms with E-state index in [0.29, 0.717) is 11.8 Å². The van der Waals surface area contributed by atoms with Crippen molar-refractivity contribution in [1.29, 1.82) is 0 Å². The normalized spacial score (nSPS) is 15.4. The van der Waals surface area contributed by atoms with Crippen molar-refractivity contribution >= 4 is 17.1 Å². The van der Waals surface area contributed by atoms with Gasteiger partial charge in [-0.3, -0.25) is 0 Å². The Morgan fingerprint density at radius 1 is 0.333 bits per heavy atom. The van der Waals surface area contributed by atoms with Crippen molar-refractivity contribution in [2.24, 2.45) is 5.92 Å². The Bertz CT molecular complexity index is 3500. The van der Waals surface area contributed by atoms with Crippen LogP contribution in [-0.2, 0) is 10.8 Å². The fraction of sp³-hybridized carbons (Fsp3) is 0.143. The Balaban J connectivity index is 1.11. The van der Waals surface area contributed by atoms with Gasteiger partial charge in [-0.1, -0.05) is 228 Å². The van der Waals surface area contributed by atoms with Gasteiger partial charge in [-0.15, -0.1) is 0 Å². The fourth-order valence-corrected chi connectivity index (χ4v) is 11.9. The molecular weight excluding hydrogens is 871 g/mol. The zero-order valence-electron chi connectivity index (χ0n) is 41.8. The fourth-order valence-electron chi connectivity index (χ4n) is 11.9. The van der Waals surface area contributed by atoms with Crippen LogP contribution in [-0.4, -0.2) is 6.10 Å². The van der Waals surface area contributed by atoms with Crippen LogP contribution in [0.15, 0.2) is 249 Å². The molecule has 2 aliphatic rings. The molecule has 2 unspecified atom stereocenters. The van der Waals surface area contributed by atoms with Crippen molar-refractivity contribution in [3.63, 3.8) is 0 Å². The summed E-state index contributed by atoms with van der Waals surface area (Å²) >= 11 is 0. The number of anilines is 3. The maximum atomic E-state index is 6.51. The largest absolute Gasteiger partial charge is 0.490 e. The van der Waals surface area contributed by atoms with Crippen LogP contribution in [0.3, 0.4) is 0 Å². The summed E-state index contributed by atoms with van der Waals surface area (Å²) in [4.78, 5) is 2.49. The molecule has 0 aromatic heterocycles. The average molecular weight is 930 g/mol. The molecule has 0 amide bonds. The summed E-state index contributed by atoms with van der Waals surface area (Å²) in [5, 5.41) is 0. The molecule has 10 aromatic carbocycles. The molecule has 0 saturated heterocycles. The zero-order chi connectivity index (χ0) is 49.0. The Hall–Kier alpha value is -8.20. The summed E-state index contributed by atoms with van der Waals surface area (Å²) in [5.41, 5.74) is 20.8. The van der Waals surface area contributed by atoms with E-state index >= 15 is 0 Å². The predicted molar refractivity (Wildman–Crippen MR) is 300 cm³/mol. The van der Waals surface area contributed by atoms with Gasteiger partial charge in [0.15, 0.2) is 0 Å². The van der Waals surface area contributed by atoms with Crippen molar-refractivity contribution in [1.82, 2.24) is 0 Å². The minimum Gasteiger partial charge on any atom is -0.490 e. The molecule has 0 spiro atoms. The number of rotatable bonds is 12. The Morgan fingerprint density at radius 3 is 1.19 bits per heavy atom. The van der Waals surface area contributed by atoms with Crippen molar-refractivity contribution in [2.45, 2.75) is 57.5 Å². The number of fused-ring (bicyclic) bond motifs is 6. The quantitative estimate of drug-likeness (QED) is 0.121. The summed E-state index contributed by atoms with van der Waals surface area (Å²) in [5.74, 6) is 1.69. The predicted octanol–water partition coefficient (Wildman–Crippen LogP) is 18.1. The van der Waals surface area contributed by atoms with Gasteiger partial charge < -0.3 is 9.64 Å². The minimum absolute atomic E-state index is 0.0931. The molecule has 12 rings (SSSR count). The third-order valence-electron chi connectivity index (χ3n) is 15.8. The lowest BCUT2D eigenvalue weighted by Crippen LogP contribution is -2.29. The number of ether oxygens (including phenoxy) is 1. The van der Waals surface area contributed by atoms with Crippen molar-refractivity contribution in [3.05, 3.63) is 299 Å². The lowest BCUT2D eigenvalue weighted by Gasteiger charge is -2.36. The smallest absolute Gasteiger partial charge is 0.119 e. The summed E-state index contributed by atoms with van der Waals surface area (Å²) in [7, 11) is 0. The highest BCUT2D eigenvalue weighted by atomic mass is 16.5. The molecule has 2 aliphatic carbocycles. The molecule has 0 bridgehead atoms. The first-order valence-electron chi connectivity index (χ1n) is 25.7. The van der Waals surface area contributed by atoms with Crippen LogP contribution < -0.4 is 9.64 Å². The van der Waals surface area contributed by atoms with E-state index in [2.05, 4.69) is 288 Å². The molecule has 10 aromatic rings. The van der Waals surface area contributed by atoms with E-state index in [1.165, 1.54) is 83.5 Å². The van der Waals surface area contributed by atoms with Crippen LogP contribution in [0, 0.1) is 5.92 Å². The van der Waals surface area contributed by atoms with Crippen molar-refractivity contribution < 1.29 is 4.74 Å². The second-order valence-electron chi connectivity index (χ2n) is 20.4. The summed E-state index contributed by atoms with van der Waals surface area (Å²) < 4.78 is 6.51. The minimum atomic E-state index is -0.627. The van der Waals surface area contributed by atoms with E-state index in [1.807, 2.05) is 0 Å². The lowest BCUT2D eigenvalue weighted by atomic mass is 9.67. The SMILES string of the molecule is CC(C)c1ccc(C2(c3ccc(OC(C)C(C)C)cc3)c3ccccc3-c3ccc(N(c4ccc(-c5ccccc5)cc4)c4ccc5c(c4)C(c4ccccc4)(c4ccccc4)c4ccccc4-5)cc32)cc1. The Morgan fingerprint density at radius 2 is 0.722 bits per heavy atom. The lowest BCUT2D eigenvalue weighted by molar-refractivity contribution is 0.170. The topological polar surface area (TPSA) is 12.5 Å². The van der Waals surface area contributed by atoms with Crippen molar-refractivity contribution in [3.8, 4) is 39.1 Å².